The van der Waals surface area contributed by atoms with E-state index in [1.807, 2.05) is 54.7 Å². The summed E-state index contributed by atoms with van der Waals surface area (Å²) >= 11 is 0. The molecule has 3 aromatic rings. The molecule has 0 unspecified atom stereocenters. The third kappa shape index (κ3) is 3.87. The van der Waals surface area contributed by atoms with Crippen LogP contribution in [0, 0.1) is 0 Å². The number of carboxylic acid groups (broad SMARTS) is 1. The average molecular weight is 354 g/mol. The summed E-state index contributed by atoms with van der Waals surface area (Å²) in [6.45, 7) is 0.674. The van der Waals surface area contributed by atoms with Crippen molar-refractivity contribution < 1.29 is 19.5 Å². The van der Waals surface area contributed by atoms with Crippen LogP contribution in [0.1, 0.15) is 11.1 Å². The number of fused-ring (bicyclic) bond motifs is 1. The summed E-state index contributed by atoms with van der Waals surface area (Å²) in [5, 5.41) is 10.4. The summed E-state index contributed by atoms with van der Waals surface area (Å²) in [5.41, 5.74) is 5.68. The summed E-state index contributed by atoms with van der Waals surface area (Å²) < 4.78 is 7.42. The van der Waals surface area contributed by atoms with Crippen LogP contribution in [0.2, 0.25) is 0 Å². The minimum Gasteiger partial charge on any atom is -0.497 e. The highest BCUT2D eigenvalue weighted by molar-refractivity contribution is 5.85. The van der Waals surface area contributed by atoms with Crippen molar-refractivity contribution >= 4 is 16.9 Å². The van der Waals surface area contributed by atoms with Crippen molar-refractivity contribution in [1.29, 1.82) is 0 Å². The molecule has 2 aromatic carbocycles. The number of methoxy groups -OCH3 is 1. The number of carbonyl (C=O) groups is 1. The third-order valence-electron chi connectivity index (χ3n) is 4.34. The molecule has 0 amide bonds. The molecule has 0 aliphatic carbocycles. The van der Waals surface area contributed by atoms with Gasteiger partial charge in [-0.05, 0) is 29.3 Å². The van der Waals surface area contributed by atoms with E-state index in [2.05, 4.69) is 10.0 Å². The van der Waals surface area contributed by atoms with Gasteiger partial charge in [0.1, 0.15) is 11.8 Å². The lowest BCUT2D eigenvalue weighted by Crippen LogP contribution is -2.37. The Kier molecular flexibility index (Phi) is 5.55. The fourth-order valence-electron chi connectivity index (χ4n) is 3.13. The van der Waals surface area contributed by atoms with Crippen molar-refractivity contribution in [3.63, 3.8) is 0 Å². The molecule has 0 radical (unpaired) electrons. The number of hydrogen-bond donors (Lipinski definition) is 2. The molecule has 0 aliphatic heterocycles. The predicted molar refractivity (Wildman–Crippen MR) is 99.3 cm³/mol. The fourth-order valence-corrected chi connectivity index (χ4v) is 3.13. The normalized spacial score (nSPS) is 12.2. The molecule has 3 rings (SSSR count). The van der Waals surface area contributed by atoms with E-state index in [9.17, 15) is 9.90 Å². The molecule has 6 heteroatoms. The van der Waals surface area contributed by atoms with E-state index in [1.54, 1.807) is 7.11 Å². The molecule has 26 heavy (non-hydrogen) atoms. The predicted octanol–water partition coefficient (Wildman–Crippen LogP) is 2.84. The highest BCUT2D eigenvalue weighted by Crippen LogP contribution is 2.24. The molecule has 1 atom stereocenters. The highest BCUT2D eigenvalue weighted by atomic mass is 16.6. The SMILES string of the molecule is CON[C@@H](Cc1cn(Cc2cccc(OC)c2)c2ccccc12)C(=O)O. The zero-order valence-corrected chi connectivity index (χ0v) is 14.8. The molecule has 0 aliphatic rings. The van der Waals surface area contributed by atoms with Gasteiger partial charge in [-0.15, -0.1) is 0 Å². The molecule has 136 valence electrons. The first kappa shape index (κ1) is 18.0. The molecule has 2 N–H and O–H groups in total. The molecule has 0 saturated heterocycles. The lowest BCUT2D eigenvalue weighted by Gasteiger charge is -2.11. The summed E-state index contributed by atoms with van der Waals surface area (Å²) in [7, 11) is 3.07. The second-order valence-corrected chi connectivity index (χ2v) is 6.07. The van der Waals surface area contributed by atoms with Crippen LogP contribution in [0.3, 0.4) is 0 Å². The van der Waals surface area contributed by atoms with Gasteiger partial charge in [0.05, 0.1) is 14.2 Å². The van der Waals surface area contributed by atoms with Gasteiger partial charge in [0, 0.05) is 30.1 Å². The molecular weight excluding hydrogens is 332 g/mol. The third-order valence-corrected chi connectivity index (χ3v) is 4.34. The van der Waals surface area contributed by atoms with E-state index in [-0.39, 0.29) is 0 Å². The van der Waals surface area contributed by atoms with Crippen LogP contribution >= 0.6 is 0 Å². The van der Waals surface area contributed by atoms with Crippen LogP contribution in [-0.4, -0.2) is 35.9 Å². The second kappa shape index (κ2) is 8.03. The Labute approximate surface area is 151 Å². The van der Waals surface area contributed by atoms with Gasteiger partial charge in [-0.3, -0.25) is 4.79 Å². The van der Waals surface area contributed by atoms with Crippen LogP contribution in [0.25, 0.3) is 10.9 Å². The van der Waals surface area contributed by atoms with Crippen molar-refractivity contribution in [2.75, 3.05) is 14.2 Å². The summed E-state index contributed by atoms with van der Waals surface area (Å²) in [6.07, 6.45) is 2.34. The standard InChI is InChI=1S/C20H22N2O4/c1-25-16-7-5-6-14(10-16)12-22-13-15(11-18(20(23)24)21-26-2)17-8-3-4-9-19(17)22/h3-10,13,18,21H,11-12H2,1-2H3,(H,23,24)/t18-/m0/s1. The van der Waals surface area contributed by atoms with Crippen LogP contribution in [0.4, 0.5) is 0 Å². The number of carboxylic acids is 1. The number of para-hydroxylation sites is 1. The Morgan fingerprint density at radius 2 is 2.00 bits per heavy atom. The number of hydrogen-bond acceptors (Lipinski definition) is 4. The number of rotatable bonds is 8. The van der Waals surface area contributed by atoms with E-state index in [0.29, 0.717) is 13.0 Å². The number of ether oxygens (including phenoxy) is 1. The topological polar surface area (TPSA) is 72.7 Å². The van der Waals surface area contributed by atoms with E-state index < -0.39 is 12.0 Å². The van der Waals surface area contributed by atoms with Crippen molar-refractivity contribution in [3.05, 3.63) is 65.9 Å². The molecular formula is C20H22N2O4. The molecule has 0 saturated carbocycles. The zero-order valence-electron chi connectivity index (χ0n) is 14.8. The van der Waals surface area contributed by atoms with Crippen molar-refractivity contribution in [2.24, 2.45) is 0 Å². The molecule has 0 fully saturated rings. The first-order valence-electron chi connectivity index (χ1n) is 8.33. The smallest absolute Gasteiger partial charge is 0.323 e. The summed E-state index contributed by atoms with van der Waals surface area (Å²) in [5.74, 6) is -0.133. The van der Waals surface area contributed by atoms with E-state index in [1.165, 1.54) is 7.11 Å². The Bertz CT molecular complexity index is 904. The van der Waals surface area contributed by atoms with Gasteiger partial charge in [-0.2, -0.15) is 5.48 Å². The van der Waals surface area contributed by atoms with Crippen molar-refractivity contribution in [3.8, 4) is 5.75 Å². The number of hydroxylamine groups is 1. The minimum atomic E-state index is -0.948. The van der Waals surface area contributed by atoms with Gasteiger partial charge >= 0.3 is 5.97 Å². The maximum Gasteiger partial charge on any atom is 0.323 e. The highest BCUT2D eigenvalue weighted by Gasteiger charge is 2.20. The van der Waals surface area contributed by atoms with Gasteiger partial charge in [0.2, 0.25) is 0 Å². The quantitative estimate of drug-likeness (QED) is 0.609. The molecule has 6 nitrogen and oxygen atoms in total. The minimum absolute atomic E-state index is 0.328. The van der Waals surface area contributed by atoms with Crippen molar-refractivity contribution in [2.45, 2.75) is 19.0 Å². The fraction of sp³-hybridized carbons (Fsp3) is 0.250. The molecule has 0 bridgehead atoms. The Morgan fingerprint density at radius 1 is 1.19 bits per heavy atom. The number of nitrogens with one attached hydrogen (secondary N) is 1. The lowest BCUT2D eigenvalue weighted by molar-refractivity contribution is -0.143. The number of benzene rings is 2. The summed E-state index contributed by atoms with van der Waals surface area (Å²) in [6, 6.07) is 15.1. The lowest BCUT2D eigenvalue weighted by atomic mass is 10.1. The first-order valence-corrected chi connectivity index (χ1v) is 8.33. The second-order valence-electron chi connectivity index (χ2n) is 6.07. The van der Waals surface area contributed by atoms with Crippen molar-refractivity contribution in [1.82, 2.24) is 10.0 Å². The maximum atomic E-state index is 11.4. The van der Waals surface area contributed by atoms with Crippen LogP contribution in [-0.2, 0) is 22.6 Å². The number of aromatic nitrogens is 1. The number of nitrogens with zero attached hydrogens (tertiary/aromatic N) is 1. The Balaban J connectivity index is 1.95. The van der Waals surface area contributed by atoms with Gasteiger partial charge in [-0.1, -0.05) is 30.3 Å². The van der Waals surface area contributed by atoms with Crippen LogP contribution in [0.15, 0.2) is 54.7 Å². The van der Waals surface area contributed by atoms with Gasteiger partial charge < -0.3 is 19.2 Å². The zero-order chi connectivity index (χ0) is 18.5. The van der Waals surface area contributed by atoms with Crippen LogP contribution in [0.5, 0.6) is 5.75 Å². The first-order chi connectivity index (χ1) is 12.6. The maximum absolute atomic E-state index is 11.4. The Morgan fingerprint density at radius 3 is 2.73 bits per heavy atom. The largest absolute Gasteiger partial charge is 0.497 e. The summed E-state index contributed by atoms with van der Waals surface area (Å²) in [4.78, 5) is 16.3. The number of aliphatic carboxylic acids is 1. The van der Waals surface area contributed by atoms with Crippen LogP contribution < -0.4 is 10.2 Å². The van der Waals surface area contributed by atoms with Gasteiger partial charge in [0.15, 0.2) is 0 Å². The molecule has 1 heterocycles. The van der Waals surface area contributed by atoms with E-state index in [4.69, 9.17) is 9.57 Å². The average Bonchev–Trinajstić information content (AvgIpc) is 2.99. The molecule has 0 spiro atoms. The monoisotopic (exact) mass is 354 g/mol. The van der Waals surface area contributed by atoms with Gasteiger partial charge in [0.25, 0.3) is 0 Å². The van der Waals surface area contributed by atoms with E-state index in [0.717, 1.165) is 27.8 Å². The Hall–Kier alpha value is -2.83. The van der Waals surface area contributed by atoms with E-state index >= 15 is 0 Å². The van der Waals surface area contributed by atoms with Gasteiger partial charge in [-0.25, -0.2) is 0 Å². The molecule has 1 aromatic heterocycles.